The standard InChI is InChI=1S/C20H21ClFN3O2S2/c1-12(2)5-7-25-19(27)18-16(6-8-28-18)24-20(25)29-11-17(26)23-10-13-3-4-15(22)14(21)9-13/h3-4,6,8-9,12H,5,7,10-11H2,1-2H3,(H,23,26). The zero-order valence-electron chi connectivity index (χ0n) is 16.1. The molecule has 2 heterocycles. The molecule has 3 rings (SSSR count). The molecule has 0 aliphatic carbocycles. The lowest BCUT2D eigenvalue weighted by molar-refractivity contribution is -0.118. The topological polar surface area (TPSA) is 64.0 Å². The van der Waals surface area contributed by atoms with Crippen molar-refractivity contribution in [3.05, 3.63) is 56.4 Å². The van der Waals surface area contributed by atoms with Crippen LogP contribution < -0.4 is 10.9 Å². The van der Waals surface area contributed by atoms with Crippen molar-refractivity contribution in [2.75, 3.05) is 5.75 Å². The first-order valence-electron chi connectivity index (χ1n) is 9.16. The highest BCUT2D eigenvalue weighted by atomic mass is 35.5. The second-order valence-electron chi connectivity index (χ2n) is 6.98. The van der Waals surface area contributed by atoms with Crippen molar-refractivity contribution in [2.24, 2.45) is 5.92 Å². The van der Waals surface area contributed by atoms with E-state index >= 15 is 0 Å². The Bertz CT molecular complexity index is 1080. The summed E-state index contributed by atoms with van der Waals surface area (Å²) in [6.45, 7) is 5.01. The largest absolute Gasteiger partial charge is 0.351 e. The number of halogens is 2. The van der Waals surface area contributed by atoms with Crippen molar-refractivity contribution in [3.63, 3.8) is 0 Å². The van der Waals surface area contributed by atoms with Crippen LogP contribution in [0.25, 0.3) is 10.2 Å². The van der Waals surface area contributed by atoms with Crippen molar-refractivity contribution < 1.29 is 9.18 Å². The van der Waals surface area contributed by atoms with Crippen molar-refractivity contribution in [3.8, 4) is 0 Å². The third-order valence-corrected chi connectivity index (χ3v) is 6.42. The van der Waals surface area contributed by atoms with E-state index in [1.807, 2.05) is 11.4 Å². The molecule has 0 saturated carbocycles. The van der Waals surface area contributed by atoms with Gasteiger partial charge in [-0.2, -0.15) is 0 Å². The lowest BCUT2D eigenvalue weighted by Crippen LogP contribution is -2.26. The maximum Gasteiger partial charge on any atom is 0.272 e. The summed E-state index contributed by atoms with van der Waals surface area (Å²) >= 11 is 8.38. The number of nitrogens with zero attached hydrogens (tertiary/aromatic N) is 2. The highest BCUT2D eigenvalue weighted by Crippen LogP contribution is 2.22. The molecule has 0 radical (unpaired) electrons. The van der Waals surface area contributed by atoms with Gasteiger partial charge >= 0.3 is 0 Å². The van der Waals surface area contributed by atoms with Gasteiger partial charge in [-0.15, -0.1) is 11.3 Å². The Balaban J connectivity index is 1.68. The lowest BCUT2D eigenvalue weighted by atomic mass is 10.1. The van der Waals surface area contributed by atoms with Crippen LogP contribution in [0.1, 0.15) is 25.8 Å². The normalized spacial score (nSPS) is 11.3. The smallest absolute Gasteiger partial charge is 0.272 e. The first-order chi connectivity index (χ1) is 13.8. The van der Waals surface area contributed by atoms with Gasteiger partial charge in [0.1, 0.15) is 10.5 Å². The Labute approximate surface area is 181 Å². The number of carbonyl (C=O) groups excluding carboxylic acids is 1. The van der Waals surface area contributed by atoms with Crippen LogP contribution in [-0.2, 0) is 17.9 Å². The van der Waals surface area contributed by atoms with E-state index in [2.05, 4.69) is 24.1 Å². The number of hydrogen-bond acceptors (Lipinski definition) is 5. The van der Waals surface area contributed by atoms with E-state index in [4.69, 9.17) is 11.6 Å². The fraction of sp³-hybridized carbons (Fsp3) is 0.350. The van der Waals surface area contributed by atoms with Crippen molar-refractivity contribution in [2.45, 2.75) is 38.5 Å². The van der Waals surface area contributed by atoms with Crippen LogP contribution in [0.5, 0.6) is 0 Å². The molecule has 9 heteroatoms. The molecule has 1 amide bonds. The van der Waals surface area contributed by atoms with Gasteiger partial charge in [0.25, 0.3) is 5.56 Å². The second kappa shape index (κ2) is 9.73. The molecule has 0 atom stereocenters. The molecule has 5 nitrogen and oxygen atoms in total. The minimum absolute atomic E-state index is 0.0218. The first-order valence-corrected chi connectivity index (χ1v) is 11.4. The average molecular weight is 454 g/mol. The van der Waals surface area contributed by atoms with Crippen LogP contribution in [0.2, 0.25) is 5.02 Å². The summed E-state index contributed by atoms with van der Waals surface area (Å²) in [4.78, 5) is 29.7. The molecular weight excluding hydrogens is 433 g/mol. The minimum Gasteiger partial charge on any atom is -0.351 e. The van der Waals surface area contributed by atoms with E-state index in [-0.39, 0.29) is 28.8 Å². The van der Waals surface area contributed by atoms with E-state index in [1.54, 1.807) is 10.6 Å². The molecule has 2 aromatic heterocycles. The molecule has 0 spiro atoms. The highest BCUT2D eigenvalue weighted by molar-refractivity contribution is 7.99. The summed E-state index contributed by atoms with van der Waals surface area (Å²) < 4.78 is 15.5. The SMILES string of the molecule is CC(C)CCn1c(SCC(=O)NCc2ccc(F)c(Cl)c2)nc2ccsc2c1=O. The third kappa shape index (κ3) is 5.58. The molecule has 0 aliphatic heterocycles. The highest BCUT2D eigenvalue weighted by Gasteiger charge is 2.14. The zero-order chi connectivity index (χ0) is 21.0. The van der Waals surface area contributed by atoms with Crippen molar-refractivity contribution >= 4 is 50.8 Å². The summed E-state index contributed by atoms with van der Waals surface area (Å²) in [5.41, 5.74) is 1.31. The molecule has 0 bridgehead atoms. The van der Waals surface area contributed by atoms with Gasteiger partial charge in [0, 0.05) is 13.1 Å². The Morgan fingerprint density at radius 1 is 1.38 bits per heavy atom. The van der Waals surface area contributed by atoms with Gasteiger partial charge in [0.15, 0.2) is 5.16 Å². The van der Waals surface area contributed by atoms with Gasteiger partial charge in [-0.05, 0) is 41.5 Å². The number of fused-ring (bicyclic) bond motifs is 1. The van der Waals surface area contributed by atoms with E-state index in [9.17, 15) is 14.0 Å². The van der Waals surface area contributed by atoms with Crippen LogP contribution in [0, 0.1) is 11.7 Å². The molecule has 154 valence electrons. The fourth-order valence-corrected chi connectivity index (χ4v) is 4.49. The molecular formula is C20H21ClFN3O2S2. The fourth-order valence-electron chi connectivity index (χ4n) is 2.65. The number of nitrogens with one attached hydrogen (secondary N) is 1. The Hall–Kier alpha value is -1.90. The molecule has 0 aliphatic rings. The van der Waals surface area contributed by atoms with E-state index in [0.29, 0.717) is 33.4 Å². The molecule has 0 fully saturated rings. The van der Waals surface area contributed by atoms with Gasteiger partial charge in [-0.1, -0.05) is 43.3 Å². The van der Waals surface area contributed by atoms with Crippen molar-refractivity contribution in [1.82, 2.24) is 14.9 Å². The molecule has 1 aromatic carbocycles. The molecule has 29 heavy (non-hydrogen) atoms. The zero-order valence-corrected chi connectivity index (χ0v) is 18.5. The summed E-state index contributed by atoms with van der Waals surface area (Å²) in [7, 11) is 0. The van der Waals surface area contributed by atoms with Gasteiger partial charge in [0.05, 0.1) is 16.3 Å². The summed E-state index contributed by atoms with van der Waals surface area (Å²) in [5.74, 6) is -0.125. The number of carbonyl (C=O) groups is 1. The predicted molar refractivity (Wildman–Crippen MR) is 117 cm³/mol. The maximum absolute atomic E-state index is 13.2. The van der Waals surface area contributed by atoms with E-state index < -0.39 is 5.82 Å². The van der Waals surface area contributed by atoms with Crippen molar-refractivity contribution in [1.29, 1.82) is 0 Å². The van der Waals surface area contributed by atoms with Crippen LogP contribution in [0.3, 0.4) is 0 Å². The van der Waals surface area contributed by atoms with E-state index in [0.717, 1.165) is 6.42 Å². The van der Waals surface area contributed by atoms with Crippen LogP contribution in [0.15, 0.2) is 39.6 Å². The van der Waals surface area contributed by atoms with Crippen LogP contribution in [-0.4, -0.2) is 21.2 Å². The summed E-state index contributed by atoms with van der Waals surface area (Å²) in [6.07, 6.45) is 0.851. The number of rotatable bonds is 8. The lowest BCUT2D eigenvalue weighted by Gasteiger charge is -2.13. The first kappa shape index (κ1) is 21.8. The predicted octanol–water partition coefficient (Wildman–Crippen LogP) is 4.71. The molecule has 1 N–H and O–H groups in total. The van der Waals surface area contributed by atoms with Crippen LogP contribution in [0.4, 0.5) is 4.39 Å². The minimum atomic E-state index is -0.494. The van der Waals surface area contributed by atoms with Gasteiger partial charge in [-0.25, -0.2) is 9.37 Å². The Morgan fingerprint density at radius 3 is 2.90 bits per heavy atom. The van der Waals surface area contributed by atoms with Gasteiger partial charge < -0.3 is 5.32 Å². The number of benzene rings is 1. The van der Waals surface area contributed by atoms with Gasteiger partial charge in [-0.3, -0.25) is 14.2 Å². The van der Waals surface area contributed by atoms with Crippen LogP contribution >= 0.6 is 34.7 Å². The number of hydrogen-bond donors (Lipinski definition) is 1. The number of aromatic nitrogens is 2. The number of thiophene rings is 1. The molecule has 0 saturated heterocycles. The number of thioether (sulfide) groups is 1. The number of amides is 1. The summed E-state index contributed by atoms with van der Waals surface area (Å²) in [5, 5.41) is 5.19. The molecule has 0 unspecified atom stereocenters. The quantitative estimate of drug-likeness (QED) is 0.396. The third-order valence-electron chi connectivity index (χ3n) is 4.27. The maximum atomic E-state index is 13.2. The summed E-state index contributed by atoms with van der Waals surface area (Å²) in [6, 6.07) is 6.15. The Kier molecular flexibility index (Phi) is 7.32. The average Bonchev–Trinajstić information content (AvgIpc) is 3.15. The van der Waals surface area contributed by atoms with Gasteiger partial charge in [0.2, 0.25) is 5.91 Å². The molecule has 3 aromatic rings. The Morgan fingerprint density at radius 2 is 2.17 bits per heavy atom. The second-order valence-corrected chi connectivity index (χ2v) is 9.25. The monoisotopic (exact) mass is 453 g/mol. The van der Waals surface area contributed by atoms with E-state index in [1.165, 1.54) is 35.2 Å².